The van der Waals surface area contributed by atoms with Crippen molar-refractivity contribution in [3.05, 3.63) is 0 Å². The third-order valence-corrected chi connectivity index (χ3v) is 2.50. The van der Waals surface area contributed by atoms with Gasteiger partial charge >= 0.3 is 0 Å². The number of hydrogen-bond acceptors (Lipinski definition) is 1. The summed E-state index contributed by atoms with van der Waals surface area (Å²) < 4.78 is 24.8. The highest BCUT2D eigenvalue weighted by Crippen LogP contribution is 2.60. The molecule has 0 spiro atoms. The molecule has 1 unspecified atom stereocenters. The highest BCUT2D eigenvalue weighted by atomic mass is 79.9. The van der Waals surface area contributed by atoms with Crippen molar-refractivity contribution < 1.29 is 13.6 Å². The van der Waals surface area contributed by atoms with Crippen molar-refractivity contribution in [3.63, 3.8) is 0 Å². The van der Waals surface area contributed by atoms with Gasteiger partial charge in [-0.05, 0) is 6.92 Å². The van der Waals surface area contributed by atoms with E-state index in [9.17, 15) is 13.6 Å². The Kier molecular flexibility index (Phi) is 1.62. The molecule has 0 N–H and O–H groups in total. The van der Waals surface area contributed by atoms with Crippen LogP contribution in [0.4, 0.5) is 8.78 Å². The zero-order chi connectivity index (χ0) is 7.99. The summed E-state index contributed by atoms with van der Waals surface area (Å²) in [5, 5.41) is 0.0269. The molecular formula is C6H7BrF2O. The summed E-state index contributed by atoms with van der Waals surface area (Å²) in [6.45, 7) is 1.30. The lowest BCUT2D eigenvalue weighted by atomic mass is 10.1. The van der Waals surface area contributed by atoms with Crippen LogP contribution in [0, 0.1) is 5.41 Å². The predicted octanol–water partition coefficient (Wildman–Crippen LogP) is 2.00. The average Bonchev–Trinajstić information content (AvgIpc) is 2.32. The van der Waals surface area contributed by atoms with Crippen molar-refractivity contribution in [2.75, 3.05) is 5.33 Å². The van der Waals surface area contributed by atoms with Crippen LogP contribution >= 0.6 is 15.9 Å². The Morgan fingerprint density at radius 1 is 1.70 bits per heavy atom. The molecule has 58 valence electrons. The van der Waals surface area contributed by atoms with E-state index in [4.69, 9.17) is 0 Å². The molecule has 0 aromatic rings. The predicted molar refractivity (Wildman–Crippen MR) is 36.5 cm³/mol. The van der Waals surface area contributed by atoms with E-state index in [-0.39, 0.29) is 11.8 Å². The number of Topliss-reactive ketones (excluding diaryl/α,β-unsaturated/α-hetero) is 1. The van der Waals surface area contributed by atoms with Gasteiger partial charge in [0.1, 0.15) is 0 Å². The van der Waals surface area contributed by atoms with Crippen LogP contribution < -0.4 is 0 Å². The summed E-state index contributed by atoms with van der Waals surface area (Å²) in [4.78, 5) is 10.8. The summed E-state index contributed by atoms with van der Waals surface area (Å²) in [6.07, 6.45) is -0.287. The molecule has 1 atom stereocenters. The van der Waals surface area contributed by atoms with E-state index in [1.54, 1.807) is 0 Å². The Bertz CT molecular complexity index is 181. The van der Waals surface area contributed by atoms with Gasteiger partial charge in [-0.1, -0.05) is 15.9 Å². The molecule has 1 nitrogen and oxygen atoms in total. The Balaban J connectivity index is 2.68. The second kappa shape index (κ2) is 2.00. The molecule has 0 bridgehead atoms. The van der Waals surface area contributed by atoms with Crippen LogP contribution in [0.1, 0.15) is 13.3 Å². The molecule has 10 heavy (non-hydrogen) atoms. The zero-order valence-corrected chi connectivity index (χ0v) is 7.04. The molecule has 1 aliphatic carbocycles. The van der Waals surface area contributed by atoms with E-state index in [1.165, 1.54) is 6.92 Å². The van der Waals surface area contributed by atoms with Gasteiger partial charge < -0.3 is 0 Å². The minimum atomic E-state index is -2.75. The van der Waals surface area contributed by atoms with E-state index >= 15 is 0 Å². The van der Waals surface area contributed by atoms with E-state index in [1.807, 2.05) is 0 Å². The van der Waals surface area contributed by atoms with Crippen molar-refractivity contribution in [1.29, 1.82) is 0 Å². The number of hydrogen-bond donors (Lipinski definition) is 0. The van der Waals surface area contributed by atoms with Crippen LogP contribution in [0.3, 0.4) is 0 Å². The quantitative estimate of drug-likeness (QED) is 0.641. The highest BCUT2D eigenvalue weighted by Gasteiger charge is 2.71. The third kappa shape index (κ3) is 0.892. The SMILES string of the molecule is CC1(C(=O)CBr)CC1(F)F. The Hall–Kier alpha value is 0.01000. The monoisotopic (exact) mass is 212 g/mol. The van der Waals surface area contributed by atoms with Crippen LogP contribution in [-0.2, 0) is 4.79 Å². The molecule has 0 amide bonds. The molecular weight excluding hydrogens is 206 g/mol. The minimum absolute atomic E-state index is 0.0269. The third-order valence-electron chi connectivity index (χ3n) is 1.99. The first-order valence-corrected chi connectivity index (χ1v) is 4.03. The fourth-order valence-electron chi connectivity index (χ4n) is 0.850. The number of halogens is 3. The van der Waals surface area contributed by atoms with Gasteiger partial charge in [0.25, 0.3) is 5.92 Å². The van der Waals surface area contributed by atoms with Gasteiger partial charge in [-0.3, -0.25) is 4.79 Å². The number of ketones is 1. The van der Waals surface area contributed by atoms with Gasteiger partial charge in [-0.15, -0.1) is 0 Å². The molecule has 4 heteroatoms. The first-order chi connectivity index (χ1) is 4.44. The van der Waals surface area contributed by atoms with Crippen LogP contribution in [0.25, 0.3) is 0 Å². The van der Waals surface area contributed by atoms with E-state index in [0.29, 0.717) is 0 Å². The Labute approximate surface area is 65.9 Å². The van der Waals surface area contributed by atoms with Crippen LogP contribution in [0.5, 0.6) is 0 Å². The van der Waals surface area contributed by atoms with E-state index in [0.717, 1.165) is 0 Å². The summed E-state index contributed by atoms with van der Waals surface area (Å²) in [5.74, 6) is -3.16. The van der Waals surface area contributed by atoms with Crippen molar-refractivity contribution in [2.45, 2.75) is 19.3 Å². The lowest BCUT2D eigenvalue weighted by molar-refractivity contribution is -0.124. The second-order valence-corrected chi connectivity index (χ2v) is 3.33. The molecule has 1 saturated carbocycles. The lowest BCUT2D eigenvalue weighted by Gasteiger charge is -2.04. The smallest absolute Gasteiger partial charge is 0.261 e. The number of rotatable bonds is 2. The maximum Gasteiger partial charge on any atom is 0.261 e. The summed E-state index contributed by atoms with van der Waals surface area (Å²) in [7, 11) is 0. The van der Waals surface area contributed by atoms with Gasteiger partial charge in [0.05, 0.1) is 10.7 Å². The Morgan fingerprint density at radius 2 is 2.10 bits per heavy atom. The van der Waals surface area contributed by atoms with Crippen molar-refractivity contribution in [1.82, 2.24) is 0 Å². The molecule has 1 fully saturated rings. The van der Waals surface area contributed by atoms with Crippen molar-refractivity contribution in [3.8, 4) is 0 Å². The molecule has 0 saturated heterocycles. The fourth-order valence-corrected chi connectivity index (χ4v) is 1.47. The molecule has 1 rings (SSSR count). The Morgan fingerprint density at radius 3 is 2.20 bits per heavy atom. The number of alkyl halides is 3. The van der Waals surface area contributed by atoms with Crippen molar-refractivity contribution in [2.24, 2.45) is 5.41 Å². The normalized spacial score (nSPS) is 35.6. The molecule has 1 aliphatic rings. The first kappa shape index (κ1) is 8.11. The van der Waals surface area contributed by atoms with Gasteiger partial charge in [-0.25, -0.2) is 8.78 Å². The van der Waals surface area contributed by atoms with Gasteiger partial charge in [0.15, 0.2) is 5.78 Å². The topological polar surface area (TPSA) is 17.1 Å². The van der Waals surface area contributed by atoms with Crippen LogP contribution in [-0.4, -0.2) is 17.0 Å². The summed E-state index contributed by atoms with van der Waals surface area (Å²) in [5.41, 5.74) is -1.36. The lowest BCUT2D eigenvalue weighted by Crippen LogP contribution is -2.20. The molecule has 0 aromatic heterocycles. The van der Waals surface area contributed by atoms with Gasteiger partial charge in [0, 0.05) is 6.42 Å². The standard InChI is InChI=1S/C6H7BrF2O/c1-5(4(10)2-7)3-6(5,8)9/h2-3H2,1H3. The molecule has 0 aromatic carbocycles. The maximum atomic E-state index is 12.4. The second-order valence-electron chi connectivity index (χ2n) is 2.77. The van der Waals surface area contributed by atoms with Crippen molar-refractivity contribution >= 4 is 21.7 Å². The van der Waals surface area contributed by atoms with Crippen LogP contribution in [0.2, 0.25) is 0 Å². The largest absolute Gasteiger partial charge is 0.298 e. The molecule has 0 aliphatic heterocycles. The number of carbonyl (C=O) groups excluding carboxylic acids is 1. The molecule has 0 heterocycles. The van der Waals surface area contributed by atoms with Gasteiger partial charge in [-0.2, -0.15) is 0 Å². The molecule has 0 radical (unpaired) electrons. The fraction of sp³-hybridized carbons (Fsp3) is 0.833. The van der Waals surface area contributed by atoms with E-state index in [2.05, 4.69) is 15.9 Å². The van der Waals surface area contributed by atoms with Crippen LogP contribution in [0.15, 0.2) is 0 Å². The average molecular weight is 213 g/mol. The van der Waals surface area contributed by atoms with Gasteiger partial charge in [0.2, 0.25) is 0 Å². The zero-order valence-electron chi connectivity index (χ0n) is 5.46. The van der Waals surface area contributed by atoms with E-state index < -0.39 is 17.1 Å². The minimum Gasteiger partial charge on any atom is -0.298 e. The first-order valence-electron chi connectivity index (χ1n) is 2.91. The number of carbonyl (C=O) groups is 1. The summed E-state index contributed by atoms with van der Waals surface area (Å²) in [6, 6.07) is 0. The maximum absolute atomic E-state index is 12.4. The summed E-state index contributed by atoms with van der Waals surface area (Å²) >= 11 is 2.86. The highest BCUT2D eigenvalue weighted by molar-refractivity contribution is 9.09.